The summed E-state index contributed by atoms with van der Waals surface area (Å²) in [4.78, 5) is 4.56. The minimum Gasteiger partial charge on any atom is -0.381 e. The van der Waals surface area contributed by atoms with Crippen LogP contribution >= 0.6 is 15.9 Å². The Labute approximate surface area is 106 Å². The van der Waals surface area contributed by atoms with Crippen molar-refractivity contribution in [2.45, 2.75) is 30.5 Å². The molecule has 0 N–H and O–H groups in total. The minimum atomic E-state index is 0.496. The summed E-state index contributed by atoms with van der Waals surface area (Å²) in [5, 5.41) is 0. The first-order valence-electron chi connectivity index (χ1n) is 5.91. The van der Waals surface area contributed by atoms with Crippen LogP contribution in [0.25, 0.3) is 0 Å². The van der Waals surface area contributed by atoms with Gasteiger partial charge in [0.15, 0.2) is 0 Å². The van der Waals surface area contributed by atoms with E-state index in [-0.39, 0.29) is 0 Å². The van der Waals surface area contributed by atoms with Gasteiger partial charge >= 0.3 is 0 Å². The van der Waals surface area contributed by atoms with E-state index in [2.05, 4.69) is 40.0 Å². The van der Waals surface area contributed by atoms with Crippen LogP contribution < -0.4 is 0 Å². The molecule has 1 aromatic rings. The zero-order valence-electron chi connectivity index (χ0n) is 9.60. The molecule has 1 aromatic heterocycles. The average Bonchev–Trinajstić information content (AvgIpc) is 2.39. The van der Waals surface area contributed by atoms with Crippen molar-refractivity contribution in [3.05, 3.63) is 30.1 Å². The number of rotatable bonds is 3. The molecule has 0 aliphatic carbocycles. The molecule has 0 spiro atoms. The summed E-state index contributed by atoms with van der Waals surface area (Å²) in [6.45, 7) is 4.09. The van der Waals surface area contributed by atoms with E-state index >= 15 is 0 Å². The molecular weight excluding hydrogens is 266 g/mol. The molecule has 0 aromatic carbocycles. The van der Waals surface area contributed by atoms with Crippen molar-refractivity contribution >= 4 is 15.9 Å². The smallest absolute Gasteiger partial charge is 0.0505 e. The number of pyridine rings is 1. The maximum Gasteiger partial charge on any atom is 0.0505 e. The van der Waals surface area contributed by atoms with Crippen LogP contribution in [-0.4, -0.2) is 23.0 Å². The summed E-state index contributed by atoms with van der Waals surface area (Å²) >= 11 is 3.84. The monoisotopic (exact) mass is 283 g/mol. The van der Waals surface area contributed by atoms with Crippen molar-refractivity contribution in [1.29, 1.82) is 0 Å². The fourth-order valence-corrected chi connectivity index (χ4v) is 3.00. The molecule has 1 aliphatic rings. The second-order valence-electron chi connectivity index (χ2n) is 4.49. The Bertz CT molecular complexity index is 311. The standard InChI is InChI=1S/C13H18BrNO/c1-10(11-4-6-15-7-5-11)13(14)12-3-2-8-16-9-12/h4-7,10,12-13H,2-3,8-9H2,1H3. The third-order valence-corrected chi connectivity index (χ3v) is 4.90. The van der Waals surface area contributed by atoms with Gasteiger partial charge in [0.2, 0.25) is 0 Å². The summed E-state index contributed by atoms with van der Waals surface area (Å²) < 4.78 is 5.55. The van der Waals surface area contributed by atoms with Crippen molar-refractivity contribution in [2.75, 3.05) is 13.2 Å². The fourth-order valence-electron chi connectivity index (χ4n) is 2.28. The van der Waals surface area contributed by atoms with Crippen LogP contribution in [0.5, 0.6) is 0 Å². The molecular formula is C13H18BrNO. The van der Waals surface area contributed by atoms with Gasteiger partial charge in [0.05, 0.1) is 6.61 Å². The molecule has 16 heavy (non-hydrogen) atoms. The van der Waals surface area contributed by atoms with Crippen LogP contribution in [0.3, 0.4) is 0 Å². The average molecular weight is 284 g/mol. The van der Waals surface area contributed by atoms with E-state index in [4.69, 9.17) is 4.74 Å². The van der Waals surface area contributed by atoms with Gasteiger partial charge in [0.1, 0.15) is 0 Å². The summed E-state index contributed by atoms with van der Waals surface area (Å²) in [6.07, 6.45) is 6.19. The van der Waals surface area contributed by atoms with E-state index in [9.17, 15) is 0 Å². The molecule has 3 unspecified atom stereocenters. The Kier molecular flexibility index (Phi) is 4.36. The van der Waals surface area contributed by atoms with Gasteiger partial charge in [-0.15, -0.1) is 0 Å². The SMILES string of the molecule is CC(c1ccncc1)C(Br)C1CCCOC1. The maximum atomic E-state index is 5.55. The molecule has 2 nitrogen and oxygen atoms in total. The second-order valence-corrected chi connectivity index (χ2v) is 5.55. The van der Waals surface area contributed by atoms with Crippen LogP contribution in [0.2, 0.25) is 0 Å². The van der Waals surface area contributed by atoms with Crippen molar-refractivity contribution in [3.63, 3.8) is 0 Å². The lowest BCUT2D eigenvalue weighted by atomic mass is 9.87. The second kappa shape index (κ2) is 5.78. The Hall–Kier alpha value is -0.410. The van der Waals surface area contributed by atoms with E-state index in [0.29, 0.717) is 16.7 Å². The van der Waals surface area contributed by atoms with Crippen molar-refractivity contribution in [1.82, 2.24) is 4.98 Å². The zero-order valence-corrected chi connectivity index (χ0v) is 11.2. The molecule has 1 fully saturated rings. The lowest BCUT2D eigenvalue weighted by molar-refractivity contribution is 0.0527. The molecule has 0 saturated carbocycles. The van der Waals surface area contributed by atoms with Crippen LogP contribution in [0.4, 0.5) is 0 Å². The highest BCUT2D eigenvalue weighted by molar-refractivity contribution is 9.09. The summed E-state index contributed by atoms with van der Waals surface area (Å²) in [5.41, 5.74) is 1.35. The lowest BCUT2D eigenvalue weighted by Gasteiger charge is -2.30. The Balaban J connectivity index is 2.00. The highest BCUT2D eigenvalue weighted by atomic mass is 79.9. The third-order valence-electron chi connectivity index (χ3n) is 3.36. The van der Waals surface area contributed by atoms with Crippen LogP contribution in [-0.2, 0) is 4.74 Å². The van der Waals surface area contributed by atoms with E-state index in [1.54, 1.807) is 0 Å². The fraction of sp³-hybridized carbons (Fsp3) is 0.615. The van der Waals surface area contributed by atoms with Gasteiger partial charge in [-0.2, -0.15) is 0 Å². The first-order valence-corrected chi connectivity index (χ1v) is 6.82. The van der Waals surface area contributed by atoms with Crippen molar-refractivity contribution in [3.8, 4) is 0 Å². The largest absolute Gasteiger partial charge is 0.381 e. The van der Waals surface area contributed by atoms with Gasteiger partial charge in [-0.25, -0.2) is 0 Å². The Morgan fingerprint density at radius 2 is 2.19 bits per heavy atom. The van der Waals surface area contributed by atoms with Crippen LogP contribution in [0, 0.1) is 5.92 Å². The third kappa shape index (κ3) is 2.83. The molecule has 1 saturated heterocycles. The van der Waals surface area contributed by atoms with Crippen LogP contribution in [0.1, 0.15) is 31.2 Å². The molecule has 0 bridgehead atoms. The predicted molar refractivity (Wildman–Crippen MR) is 68.9 cm³/mol. The maximum absolute atomic E-state index is 5.55. The zero-order chi connectivity index (χ0) is 11.4. The summed E-state index contributed by atoms with van der Waals surface area (Å²) in [5.74, 6) is 1.15. The molecule has 3 atom stereocenters. The normalized spacial score (nSPS) is 25.0. The first kappa shape index (κ1) is 12.1. The minimum absolute atomic E-state index is 0.496. The number of aromatic nitrogens is 1. The summed E-state index contributed by atoms with van der Waals surface area (Å²) in [6, 6.07) is 4.20. The van der Waals surface area contributed by atoms with E-state index in [0.717, 1.165) is 13.2 Å². The number of hydrogen-bond donors (Lipinski definition) is 0. The van der Waals surface area contributed by atoms with Gasteiger partial charge in [-0.3, -0.25) is 4.98 Å². The van der Waals surface area contributed by atoms with Gasteiger partial charge in [0, 0.05) is 23.8 Å². The quantitative estimate of drug-likeness (QED) is 0.794. The summed E-state index contributed by atoms with van der Waals surface area (Å²) in [7, 11) is 0. The Morgan fingerprint density at radius 1 is 1.44 bits per heavy atom. The van der Waals surface area contributed by atoms with E-state index in [1.165, 1.54) is 18.4 Å². The van der Waals surface area contributed by atoms with Crippen LogP contribution in [0.15, 0.2) is 24.5 Å². The number of halogens is 1. The molecule has 0 radical (unpaired) electrons. The molecule has 0 amide bonds. The molecule has 2 rings (SSSR count). The molecule has 88 valence electrons. The lowest BCUT2D eigenvalue weighted by Crippen LogP contribution is -2.28. The van der Waals surface area contributed by atoms with E-state index in [1.807, 2.05) is 12.4 Å². The Morgan fingerprint density at radius 3 is 2.81 bits per heavy atom. The molecule has 3 heteroatoms. The van der Waals surface area contributed by atoms with Gasteiger partial charge < -0.3 is 4.74 Å². The highest BCUT2D eigenvalue weighted by Crippen LogP contribution is 2.33. The predicted octanol–water partition coefficient (Wildman–Crippen LogP) is 3.38. The van der Waals surface area contributed by atoms with Gasteiger partial charge in [0.25, 0.3) is 0 Å². The molecule has 1 aliphatic heterocycles. The first-order chi connectivity index (χ1) is 7.79. The van der Waals surface area contributed by atoms with E-state index < -0.39 is 0 Å². The highest BCUT2D eigenvalue weighted by Gasteiger charge is 2.27. The molecule has 2 heterocycles. The number of ether oxygens (including phenoxy) is 1. The number of hydrogen-bond acceptors (Lipinski definition) is 2. The number of nitrogens with zero attached hydrogens (tertiary/aromatic N) is 1. The topological polar surface area (TPSA) is 22.1 Å². The van der Waals surface area contributed by atoms with Crippen molar-refractivity contribution < 1.29 is 4.74 Å². The number of alkyl halides is 1. The van der Waals surface area contributed by atoms with Gasteiger partial charge in [-0.05, 0) is 42.4 Å². The van der Waals surface area contributed by atoms with Crippen molar-refractivity contribution in [2.24, 2.45) is 5.92 Å². The van der Waals surface area contributed by atoms with Gasteiger partial charge in [-0.1, -0.05) is 22.9 Å².